The lowest BCUT2D eigenvalue weighted by atomic mass is 9.42. The third-order valence-electron chi connectivity index (χ3n) is 7.08. The summed E-state index contributed by atoms with van der Waals surface area (Å²) in [4.78, 5) is 0. The van der Waals surface area contributed by atoms with Crippen molar-refractivity contribution in [3.63, 3.8) is 0 Å². The maximum absolute atomic E-state index is 3.69. The van der Waals surface area contributed by atoms with Crippen LogP contribution in [0.15, 0.2) is 0 Å². The summed E-state index contributed by atoms with van der Waals surface area (Å²) < 4.78 is 0. The van der Waals surface area contributed by atoms with Crippen LogP contribution in [-0.2, 0) is 0 Å². The van der Waals surface area contributed by atoms with Crippen molar-refractivity contribution in [2.45, 2.75) is 58.3 Å². The SMILES string of the molecule is CCC1(C23CC4CC(CC(C4)C2)C3)CCNC1. The van der Waals surface area contributed by atoms with Crippen molar-refractivity contribution in [3.05, 3.63) is 0 Å². The van der Waals surface area contributed by atoms with Gasteiger partial charge >= 0.3 is 0 Å². The lowest BCUT2D eigenvalue weighted by molar-refractivity contribution is -0.126. The summed E-state index contributed by atoms with van der Waals surface area (Å²) in [6.07, 6.45) is 12.4. The molecule has 96 valence electrons. The normalized spacial score (nSPS) is 56.6. The van der Waals surface area contributed by atoms with Gasteiger partial charge in [-0.05, 0) is 86.5 Å². The molecule has 4 saturated carbocycles. The van der Waals surface area contributed by atoms with Crippen molar-refractivity contribution in [1.29, 1.82) is 0 Å². The number of hydrogen-bond acceptors (Lipinski definition) is 1. The summed E-state index contributed by atoms with van der Waals surface area (Å²) in [5, 5.41) is 3.69. The van der Waals surface area contributed by atoms with Gasteiger partial charge in [-0.25, -0.2) is 0 Å². The lowest BCUT2D eigenvalue weighted by Gasteiger charge is -2.63. The first kappa shape index (κ1) is 10.8. The van der Waals surface area contributed by atoms with Crippen LogP contribution >= 0.6 is 0 Å². The fraction of sp³-hybridized carbons (Fsp3) is 1.00. The molecule has 1 heteroatoms. The molecule has 0 aromatic heterocycles. The predicted molar refractivity (Wildman–Crippen MR) is 70.8 cm³/mol. The van der Waals surface area contributed by atoms with E-state index in [1.54, 1.807) is 38.5 Å². The molecule has 1 heterocycles. The van der Waals surface area contributed by atoms with Gasteiger partial charge in [0.05, 0.1) is 0 Å². The predicted octanol–water partition coefficient (Wildman–Crippen LogP) is 3.59. The van der Waals surface area contributed by atoms with Gasteiger partial charge in [0, 0.05) is 6.54 Å². The Labute approximate surface area is 106 Å². The van der Waals surface area contributed by atoms with Crippen LogP contribution in [0.25, 0.3) is 0 Å². The van der Waals surface area contributed by atoms with Crippen LogP contribution in [0, 0.1) is 28.6 Å². The fourth-order valence-corrected chi connectivity index (χ4v) is 6.63. The Morgan fingerprint density at radius 3 is 2.00 bits per heavy atom. The Bertz CT molecular complexity index is 278. The Morgan fingerprint density at radius 2 is 1.59 bits per heavy atom. The third kappa shape index (κ3) is 1.35. The van der Waals surface area contributed by atoms with Crippen LogP contribution in [0.2, 0.25) is 0 Å². The molecule has 0 amide bonds. The molecule has 5 fully saturated rings. The van der Waals surface area contributed by atoms with E-state index in [-0.39, 0.29) is 0 Å². The maximum atomic E-state index is 3.69. The molecule has 1 atom stereocenters. The molecule has 17 heavy (non-hydrogen) atoms. The summed E-state index contributed by atoms with van der Waals surface area (Å²) in [5.74, 6) is 3.35. The Morgan fingerprint density at radius 1 is 1.00 bits per heavy atom. The highest BCUT2D eigenvalue weighted by molar-refractivity contribution is 5.11. The van der Waals surface area contributed by atoms with E-state index in [1.807, 2.05) is 0 Å². The van der Waals surface area contributed by atoms with Gasteiger partial charge in [0.2, 0.25) is 0 Å². The van der Waals surface area contributed by atoms with Crippen molar-refractivity contribution in [3.8, 4) is 0 Å². The average molecular weight is 233 g/mol. The van der Waals surface area contributed by atoms with E-state index >= 15 is 0 Å². The van der Waals surface area contributed by atoms with E-state index in [4.69, 9.17) is 0 Å². The molecular formula is C16H27N. The van der Waals surface area contributed by atoms with E-state index in [0.717, 1.165) is 23.2 Å². The number of rotatable bonds is 2. The first-order valence-electron chi connectivity index (χ1n) is 7.96. The van der Waals surface area contributed by atoms with Crippen LogP contribution in [0.1, 0.15) is 58.3 Å². The van der Waals surface area contributed by atoms with Gasteiger partial charge < -0.3 is 5.32 Å². The Hall–Kier alpha value is -0.0400. The van der Waals surface area contributed by atoms with E-state index in [1.165, 1.54) is 25.9 Å². The second-order valence-electron chi connectivity index (χ2n) is 7.76. The monoisotopic (exact) mass is 233 g/mol. The van der Waals surface area contributed by atoms with Crippen LogP contribution in [-0.4, -0.2) is 13.1 Å². The summed E-state index contributed by atoms with van der Waals surface area (Å²) >= 11 is 0. The standard InChI is InChI=1S/C16H27N/c1-2-15(3-4-17-11-15)16-8-12-5-13(9-16)7-14(6-12)10-16/h12-14,17H,2-11H2,1H3. The van der Waals surface area contributed by atoms with E-state index in [9.17, 15) is 0 Å². The molecule has 0 radical (unpaired) electrons. The molecule has 1 unspecified atom stereocenters. The first-order chi connectivity index (χ1) is 8.25. The molecule has 1 N–H and O–H groups in total. The number of hydrogen-bond donors (Lipinski definition) is 1. The van der Waals surface area contributed by atoms with Crippen molar-refractivity contribution < 1.29 is 0 Å². The van der Waals surface area contributed by atoms with Gasteiger partial charge in [-0.2, -0.15) is 0 Å². The van der Waals surface area contributed by atoms with Crippen LogP contribution < -0.4 is 5.32 Å². The molecule has 4 aliphatic carbocycles. The highest BCUT2D eigenvalue weighted by atomic mass is 14.9. The molecule has 1 aliphatic heterocycles. The van der Waals surface area contributed by atoms with Crippen molar-refractivity contribution in [1.82, 2.24) is 5.32 Å². The van der Waals surface area contributed by atoms with Crippen LogP contribution in [0.3, 0.4) is 0 Å². The van der Waals surface area contributed by atoms with Crippen molar-refractivity contribution >= 4 is 0 Å². The fourth-order valence-electron chi connectivity index (χ4n) is 6.63. The van der Waals surface area contributed by atoms with Crippen molar-refractivity contribution in [2.75, 3.05) is 13.1 Å². The minimum absolute atomic E-state index is 0.684. The van der Waals surface area contributed by atoms with Crippen LogP contribution in [0.5, 0.6) is 0 Å². The average Bonchev–Trinajstić information content (AvgIpc) is 2.77. The van der Waals surface area contributed by atoms with Gasteiger partial charge in [-0.15, -0.1) is 0 Å². The smallest absolute Gasteiger partial charge is 0.00135 e. The highest BCUT2D eigenvalue weighted by Crippen LogP contribution is 2.67. The lowest BCUT2D eigenvalue weighted by Crippen LogP contribution is -2.55. The summed E-state index contributed by atoms with van der Waals surface area (Å²) in [7, 11) is 0. The zero-order chi connectivity index (χ0) is 11.5. The van der Waals surface area contributed by atoms with Gasteiger partial charge in [0.1, 0.15) is 0 Å². The molecule has 5 rings (SSSR count). The summed E-state index contributed by atoms with van der Waals surface area (Å²) in [6, 6.07) is 0. The van der Waals surface area contributed by atoms with E-state index in [2.05, 4.69) is 12.2 Å². The molecular weight excluding hydrogens is 206 g/mol. The van der Waals surface area contributed by atoms with Gasteiger partial charge in [-0.1, -0.05) is 6.92 Å². The Kier molecular flexibility index (Phi) is 2.23. The van der Waals surface area contributed by atoms with E-state index < -0.39 is 0 Å². The van der Waals surface area contributed by atoms with Gasteiger partial charge in [-0.3, -0.25) is 0 Å². The molecule has 4 bridgehead atoms. The molecule has 0 spiro atoms. The second-order valence-corrected chi connectivity index (χ2v) is 7.76. The molecule has 0 aromatic rings. The summed E-state index contributed by atoms with van der Waals surface area (Å²) in [5.41, 5.74) is 1.45. The third-order valence-corrected chi connectivity index (χ3v) is 7.08. The highest BCUT2D eigenvalue weighted by Gasteiger charge is 2.59. The van der Waals surface area contributed by atoms with E-state index in [0.29, 0.717) is 5.41 Å². The zero-order valence-electron chi connectivity index (χ0n) is 11.3. The topological polar surface area (TPSA) is 12.0 Å². The first-order valence-corrected chi connectivity index (χ1v) is 7.96. The van der Waals surface area contributed by atoms with Gasteiger partial charge in [0.25, 0.3) is 0 Å². The molecule has 1 saturated heterocycles. The molecule has 5 aliphatic rings. The Balaban J connectivity index is 1.71. The molecule has 1 nitrogen and oxygen atoms in total. The maximum Gasteiger partial charge on any atom is 0.00135 e. The summed E-state index contributed by atoms with van der Waals surface area (Å²) in [6.45, 7) is 5.08. The van der Waals surface area contributed by atoms with Crippen molar-refractivity contribution in [2.24, 2.45) is 28.6 Å². The number of nitrogens with one attached hydrogen (secondary N) is 1. The second kappa shape index (κ2) is 3.50. The van der Waals surface area contributed by atoms with Crippen LogP contribution in [0.4, 0.5) is 0 Å². The molecule has 0 aromatic carbocycles. The minimum atomic E-state index is 0.684. The van der Waals surface area contributed by atoms with Gasteiger partial charge in [0.15, 0.2) is 0 Å². The zero-order valence-corrected chi connectivity index (χ0v) is 11.3. The minimum Gasteiger partial charge on any atom is -0.316 e. The quantitative estimate of drug-likeness (QED) is 0.768. The largest absolute Gasteiger partial charge is 0.316 e.